The Bertz CT molecular complexity index is 472. The summed E-state index contributed by atoms with van der Waals surface area (Å²) in [4.78, 5) is 12.2. The first-order valence-electron chi connectivity index (χ1n) is 7.82. The van der Waals surface area contributed by atoms with Crippen molar-refractivity contribution in [1.82, 2.24) is 10.6 Å². The number of amides is 1. The third-order valence-electron chi connectivity index (χ3n) is 4.37. The lowest BCUT2D eigenvalue weighted by Crippen LogP contribution is -2.36. The Morgan fingerprint density at radius 1 is 1.48 bits per heavy atom. The number of piperidine rings is 1. The number of nitrogens with one attached hydrogen (secondary N) is 2. The fraction of sp³-hybridized carbons (Fsp3) is 0.588. The lowest BCUT2D eigenvalue weighted by atomic mass is 9.85. The monoisotopic (exact) mass is 308 g/mol. The molecule has 1 aromatic carbocycles. The van der Waals surface area contributed by atoms with Crippen molar-refractivity contribution in [2.45, 2.75) is 39.2 Å². The van der Waals surface area contributed by atoms with Gasteiger partial charge in [0.15, 0.2) is 0 Å². The van der Waals surface area contributed by atoms with E-state index in [9.17, 15) is 4.79 Å². The van der Waals surface area contributed by atoms with Crippen LogP contribution < -0.4 is 10.6 Å². The van der Waals surface area contributed by atoms with Crippen LogP contribution in [0.2, 0.25) is 5.02 Å². The van der Waals surface area contributed by atoms with Crippen LogP contribution in [0.1, 0.15) is 44.7 Å². The molecule has 2 N–H and O–H groups in total. The van der Waals surface area contributed by atoms with Gasteiger partial charge in [0.2, 0.25) is 5.91 Å². The van der Waals surface area contributed by atoms with Crippen molar-refractivity contribution in [3.05, 3.63) is 34.9 Å². The van der Waals surface area contributed by atoms with Crippen molar-refractivity contribution in [2.24, 2.45) is 11.8 Å². The van der Waals surface area contributed by atoms with Crippen LogP contribution in [-0.4, -0.2) is 19.0 Å². The zero-order chi connectivity index (χ0) is 15.2. The summed E-state index contributed by atoms with van der Waals surface area (Å²) in [6, 6.07) is 7.65. The lowest BCUT2D eigenvalue weighted by Gasteiger charge is -2.28. The predicted octanol–water partition coefficient (Wildman–Crippen LogP) is 3.54. The van der Waals surface area contributed by atoms with Gasteiger partial charge < -0.3 is 10.6 Å². The number of hydrogen-bond donors (Lipinski definition) is 2. The Morgan fingerprint density at radius 2 is 2.29 bits per heavy atom. The predicted molar refractivity (Wildman–Crippen MR) is 87.4 cm³/mol. The van der Waals surface area contributed by atoms with Gasteiger partial charge in [0.25, 0.3) is 0 Å². The first-order valence-corrected chi connectivity index (χ1v) is 8.19. The van der Waals surface area contributed by atoms with Crippen LogP contribution in [0.4, 0.5) is 0 Å². The minimum Gasteiger partial charge on any atom is -0.350 e. The quantitative estimate of drug-likeness (QED) is 0.873. The molecule has 2 rings (SSSR count). The second-order valence-electron chi connectivity index (χ2n) is 6.13. The summed E-state index contributed by atoms with van der Waals surface area (Å²) < 4.78 is 0. The van der Waals surface area contributed by atoms with Crippen molar-refractivity contribution in [3.63, 3.8) is 0 Å². The minimum atomic E-state index is -0.00659. The van der Waals surface area contributed by atoms with E-state index in [1.807, 2.05) is 31.2 Å². The molecule has 1 aliphatic heterocycles. The van der Waals surface area contributed by atoms with Crippen LogP contribution in [-0.2, 0) is 4.79 Å². The standard InChI is InChI=1S/C17H25ClN2O/c1-12(15-6-4-8-19-11-15)9-17(21)20-13(2)14-5-3-7-16(18)10-14/h3,5,7,10,12-13,15,19H,4,6,8-9,11H2,1-2H3,(H,20,21)/t12?,13-,15?/m0/s1. The van der Waals surface area contributed by atoms with E-state index in [2.05, 4.69) is 17.6 Å². The molecule has 3 nitrogen and oxygen atoms in total. The molecular formula is C17H25ClN2O. The van der Waals surface area contributed by atoms with E-state index in [0.717, 1.165) is 18.7 Å². The molecule has 0 aromatic heterocycles. The Kier molecular flexibility index (Phi) is 6.07. The van der Waals surface area contributed by atoms with Gasteiger partial charge >= 0.3 is 0 Å². The van der Waals surface area contributed by atoms with E-state index in [4.69, 9.17) is 11.6 Å². The fourth-order valence-electron chi connectivity index (χ4n) is 2.98. The third-order valence-corrected chi connectivity index (χ3v) is 4.61. The zero-order valence-electron chi connectivity index (χ0n) is 12.9. The van der Waals surface area contributed by atoms with Crippen LogP contribution in [0.5, 0.6) is 0 Å². The average Bonchev–Trinajstić information content (AvgIpc) is 2.48. The summed E-state index contributed by atoms with van der Waals surface area (Å²) in [6.07, 6.45) is 3.04. The molecule has 0 aliphatic carbocycles. The molecular weight excluding hydrogens is 284 g/mol. The highest BCUT2D eigenvalue weighted by Gasteiger charge is 2.22. The largest absolute Gasteiger partial charge is 0.350 e. The number of carbonyl (C=O) groups is 1. The highest BCUT2D eigenvalue weighted by molar-refractivity contribution is 6.30. The van der Waals surface area contributed by atoms with Crippen molar-refractivity contribution < 1.29 is 4.79 Å². The highest BCUT2D eigenvalue weighted by atomic mass is 35.5. The number of benzene rings is 1. The first kappa shape index (κ1) is 16.3. The number of rotatable bonds is 5. The van der Waals surface area contributed by atoms with Crippen LogP contribution in [0, 0.1) is 11.8 Å². The van der Waals surface area contributed by atoms with E-state index in [1.54, 1.807) is 0 Å². The fourth-order valence-corrected chi connectivity index (χ4v) is 3.18. The van der Waals surface area contributed by atoms with Gasteiger partial charge in [-0.3, -0.25) is 4.79 Å². The molecule has 4 heteroatoms. The molecule has 1 saturated heterocycles. The molecule has 0 saturated carbocycles. The maximum absolute atomic E-state index is 12.2. The molecule has 1 aromatic rings. The summed E-state index contributed by atoms with van der Waals surface area (Å²) in [5.41, 5.74) is 1.04. The van der Waals surface area contributed by atoms with Crippen LogP contribution in [0.25, 0.3) is 0 Å². The van der Waals surface area contributed by atoms with E-state index >= 15 is 0 Å². The molecule has 21 heavy (non-hydrogen) atoms. The van der Waals surface area contributed by atoms with Gasteiger partial charge in [-0.25, -0.2) is 0 Å². The lowest BCUT2D eigenvalue weighted by molar-refractivity contribution is -0.123. The second kappa shape index (κ2) is 7.81. The minimum absolute atomic E-state index is 0.00659. The van der Waals surface area contributed by atoms with Crippen molar-refractivity contribution in [2.75, 3.05) is 13.1 Å². The Balaban J connectivity index is 1.83. The molecule has 2 unspecified atom stereocenters. The summed E-state index contributed by atoms with van der Waals surface area (Å²) >= 11 is 5.99. The van der Waals surface area contributed by atoms with E-state index in [0.29, 0.717) is 23.3 Å². The summed E-state index contributed by atoms with van der Waals surface area (Å²) in [5, 5.41) is 7.19. The van der Waals surface area contributed by atoms with Crippen LogP contribution >= 0.6 is 11.6 Å². The zero-order valence-corrected chi connectivity index (χ0v) is 13.6. The molecule has 3 atom stereocenters. The summed E-state index contributed by atoms with van der Waals surface area (Å²) in [6.45, 7) is 6.33. The van der Waals surface area contributed by atoms with Crippen LogP contribution in [0.3, 0.4) is 0 Å². The van der Waals surface area contributed by atoms with E-state index in [-0.39, 0.29) is 11.9 Å². The maximum atomic E-state index is 12.2. The Hall–Kier alpha value is -1.06. The number of halogens is 1. The topological polar surface area (TPSA) is 41.1 Å². The van der Waals surface area contributed by atoms with Crippen LogP contribution in [0.15, 0.2) is 24.3 Å². The molecule has 0 radical (unpaired) electrons. The molecule has 0 bridgehead atoms. The molecule has 1 heterocycles. The van der Waals surface area contributed by atoms with Gasteiger partial charge in [0, 0.05) is 11.4 Å². The average molecular weight is 309 g/mol. The van der Waals surface area contributed by atoms with Crippen molar-refractivity contribution >= 4 is 17.5 Å². The van der Waals surface area contributed by atoms with Gasteiger partial charge in [-0.2, -0.15) is 0 Å². The Labute approximate surface area is 132 Å². The van der Waals surface area contributed by atoms with E-state index < -0.39 is 0 Å². The second-order valence-corrected chi connectivity index (χ2v) is 6.57. The highest BCUT2D eigenvalue weighted by Crippen LogP contribution is 2.23. The summed E-state index contributed by atoms with van der Waals surface area (Å²) in [5.74, 6) is 1.16. The van der Waals surface area contributed by atoms with Gasteiger partial charge in [-0.15, -0.1) is 0 Å². The van der Waals surface area contributed by atoms with Gasteiger partial charge in [-0.1, -0.05) is 30.7 Å². The molecule has 1 aliphatic rings. The third kappa shape index (κ3) is 5.01. The van der Waals surface area contributed by atoms with Gasteiger partial charge in [-0.05, 0) is 62.4 Å². The van der Waals surface area contributed by atoms with E-state index in [1.165, 1.54) is 12.8 Å². The Morgan fingerprint density at radius 3 is 2.95 bits per heavy atom. The summed E-state index contributed by atoms with van der Waals surface area (Å²) in [7, 11) is 0. The smallest absolute Gasteiger partial charge is 0.220 e. The van der Waals surface area contributed by atoms with Gasteiger partial charge in [0.05, 0.1) is 6.04 Å². The molecule has 116 valence electrons. The molecule has 0 spiro atoms. The first-order chi connectivity index (χ1) is 10.1. The SMILES string of the molecule is CC(CC(=O)N[C@@H](C)c1cccc(Cl)c1)C1CCCNC1. The van der Waals surface area contributed by atoms with Gasteiger partial charge in [0.1, 0.15) is 0 Å². The number of carbonyl (C=O) groups excluding carboxylic acids is 1. The normalized spacial score (nSPS) is 21.6. The molecule has 1 fully saturated rings. The van der Waals surface area contributed by atoms with Crippen molar-refractivity contribution in [1.29, 1.82) is 0 Å². The molecule has 1 amide bonds. The number of hydrogen-bond acceptors (Lipinski definition) is 2. The maximum Gasteiger partial charge on any atom is 0.220 e. The van der Waals surface area contributed by atoms with Crippen molar-refractivity contribution in [3.8, 4) is 0 Å².